The fourth-order valence-electron chi connectivity index (χ4n) is 1.15. The lowest BCUT2D eigenvalue weighted by Gasteiger charge is -2.05. The monoisotopic (exact) mass is 195 g/mol. The van der Waals surface area contributed by atoms with Gasteiger partial charge in [0.05, 0.1) is 13.2 Å². The second-order valence-corrected chi connectivity index (χ2v) is 3.15. The molecule has 14 heavy (non-hydrogen) atoms. The second kappa shape index (κ2) is 6.54. The van der Waals surface area contributed by atoms with Crippen molar-refractivity contribution >= 4 is 0 Å². The van der Waals surface area contributed by atoms with E-state index in [-0.39, 0.29) is 0 Å². The fourth-order valence-corrected chi connectivity index (χ4v) is 1.15. The van der Waals surface area contributed by atoms with E-state index in [0.717, 1.165) is 6.54 Å². The van der Waals surface area contributed by atoms with Crippen LogP contribution in [0.15, 0.2) is 24.3 Å². The Hall–Kier alpha value is -0.900. The van der Waals surface area contributed by atoms with Gasteiger partial charge in [-0.2, -0.15) is 5.48 Å². The van der Waals surface area contributed by atoms with Gasteiger partial charge >= 0.3 is 0 Å². The van der Waals surface area contributed by atoms with Crippen molar-refractivity contribution in [1.82, 2.24) is 5.48 Å². The minimum absolute atomic E-state index is 0.572. The smallest absolute Gasteiger partial charge is 0.0916 e. The highest BCUT2D eigenvalue weighted by Gasteiger charge is 1.92. The summed E-state index contributed by atoms with van der Waals surface area (Å²) in [6.07, 6.45) is 0. The number of hydrogen-bond donors (Lipinski definition) is 1. The summed E-state index contributed by atoms with van der Waals surface area (Å²) in [5.74, 6) is 0. The first-order valence-electron chi connectivity index (χ1n) is 4.72. The van der Waals surface area contributed by atoms with E-state index in [1.54, 1.807) is 7.11 Å². The molecule has 1 N–H and O–H groups in total. The molecule has 0 heterocycles. The number of aryl methyl sites for hydroxylation is 1. The van der Waals surface area contributed by atoms with E-state index in [0.29, 0.717) is 13.2 Å². The van der Waals surface area contributed by atoms with Crippen LogP contribution in [0.4, 0.5) is 0 Å². The summed E-state index contributed by atoms with van der Waals surface area (Å²) >= 11 is 0. The van der Waals surface area contributed by atoms with Gasteiger partial charge in [0.2, 0.25) is 0 Å². The Morgan fingerprint density at radius 2 is 2.14 bits per heavy atom. The number of hydroxylamine groups is 1. The minimum atomic E-state index is 0.572. The van der Waals surface area contributed by atoms with Gasteiger partial charge in [0, 0.05) is 13.7 Å². The Morgan fingerprint density at radius 1 is 1.29 bits per heavy atom. The van der Waals surface area contributed by atoms with Crippen LogP contribution in [0.1, 0.15) is 11.1 Å². The molecule has 3 heteroatoms. The van der Waals surface area contributed by atoms with Crippen LogP contribution in [0.2, 0.25) is 0 Å². The summed E-state index contributed by atoms with van der Waals surface area (Å²) in [6.45, 7) is 3.99. The lowest BCUT2D eigenvalue weighted by molar-refractivity contribution is 0.00346. The van der Waals surface area contributed by atoms with Crippen molar-refractivity contribution in [3.05, 3.63) is 35.4 Å². The Labute approximate surface area is 85.0 Å². The van der Waals surface area contributed by atoms with Crippen molar-refractivity contribution in [3.63, 3.8) is 0 Å². The third kappa shape index (κ3) is 4.37. The lowest BCUT2D eigenvalue weighted by atomic mass is 10.1. The van der Waals surface area contributed by atoms with Crippen molar-refractivity contribution in [2.24, 2.45) is 0 Å². The number of nitrogens with one attached hydrogen (secondary N) is 1. The molecule has 0 fully saturated rings. The van der Waals surface area contributed by atoms with Crippen LogP contribution >= 0.6 is 0 Å². The molecule has 78 valence electrons. The van der Waals surface area contributed by atoms with Crippen LogP contribution in [0, 0.1) is 6.92 Å². The van der Waals surface area contributed by atoms with Crippen molar-refractivity contribution in [1.29, 1.82) is 0 Å². The van der Waals surface area contributed by atoms with Gasteiger partial charge in [0.1, 0.15) is 0 Å². The van der Waals surface area contributed by atoms with Gasteiger partial charge in [-0.3, -0.25) is 4.84 Å². The van der Waals surface area contributed by atoms with Gasteiger partial charge in [-0.15, -0.1) is 0 Å². The summed E-state index contributed by atoms with van der Waals surface area (Å²) in [4.78, 5) is 5.14. The Kier molecular flexibility index (Phi) is 5.22. The van der Waals surface area contributed by atoms with Gasteiger partial charge in [-0.05, 0) is 12.5 Å². The van der Waals surface area contributed by atoms with Gasteiger partial charge in [-0.1, -0.05) is 29.8 Å². The zero-order chi connectivity index (χ0) is 10.2. The molecular weight excluding hydrogens is 178 g/mol. The first kappa shape index (κ1) is 11.2. The van der Waals surface area contributed by atoms with Crippen LogP contribution in [0.25, 0.3) is 0 Å². The molecule has 0 spiro atoms. The third-order valence-electron chi connectivity index (χ3n) is 1.85. The van der Waals surface area contributed by atoms with E-state index in [4.69, 9.17) is 9.57 Å². The number of ether oxygens (including phenoxy) is 1. The molecule has 0 atom stereocenters. The second-order valence-electron chi connectivity index (χ2n) is 3.15. The van der Waals surface area contributed by atoms with Crippen LogP contribution < -0.4 is 5.48 Å². The van der Waals surface area contributed by atoms with Crippen LogP contribution in [0.3, 0.4) is 0 Å². The molecule has 0 saturated carbocycles. The topological polar surface area (TPSA) is 30.5 Å². The maximum Gasteiger partial charge on any atom is 0.0916 e. The predicted octanol–water partition coefficient (Wildman–Crippen LogP) is 1.66. The normalized spacial score (nSPS) is 10.4. The zero-order valence-corrected chi connectivity index (χ0v) is 8.75. The molecule has 0 aliphatic rings. The zero-order valence-electron chi connectivity index (χ0n) is 8.75. The van der Waals surface area contributed by atoms with E-state index in [1.807, 2.05) is 6.07 Å². The van der Waals surface area contributed by atoms with E-state index in [9.17, 15) is 0 Å². The van der Waals surface area contributed by atoms with Gasteiger partial charge in [-0.25, -0.2) is 0 Å². The van der Waals surface area contributed by atoms with Crippen molar-refractivity contribution in [2.75, 3.05) is 20.3 Å². The molecule has 0 amide bonds. The maximum absolute atomic E-state index is 5.14. The van der Waals surface area contributed by atoms with E-state index in [1.165, 1.54) is 11.1 Å². The average Bonchev–Trinajstić information content (AvgIpc) is 2.18. The molecule has 0 aromatic heterocycles. The number of rotatable bonds is 6. The van der Waals surface area contributed by atoms with Crippen LogP contribution in [-0.4, -0.2) is 20.3 Å². The molecule has 0 aliphatic heterocycles. The molecule has 0 saturated heterocycles. The molecule has 1 aromatic carbocycles. The lowest BCUT2D eigenvalue weighted by Crippen LogP contribution is -2.17. The molecule has 0 radical (unpaired) electrons. The van der Waals surface area contributed by atoms with E-state index < -0.39 is 0 Å². The van der Waals surface area contributed by atoms with Gasteiger partial charge in [0.25, 0.3) is 0 Å². The molecule has 1 aromatic rings. The average molecular weight is 195 g/mol. The molecular formula is C11H17NO2. The highest BCUT2D eigenvalue weighted by Crippen LogP contribution is 2.02. The Morgan fingerprint density at radius 3 is 2.86 bits per heavy atom. The number of hydrogen-bond acceptors (Lipinski definition) is 3. The van der Waals surface area contributed by atoms with E-state index >= 15 is 0 Å². The first-order chi connectivity index (χ1) is 6.83. The SMILES string of the molecule is COCCONCc1cccc(C)c1. The van der Waals surface area contributed by atoms with Crippen molar-refractivity contribution in [2.45, 2.75) is 13.5 Å². The summed E-state index contributed by atoms with van der Waals surface area (Å²) < 4.78 is 4.85. The summed E-state index contributed by atoms with van der Waals surface area (Å²) in [7, 11) is 1.66. The van der Waals surface area contributed by atoms with Crippen LogP contribution in [-0.2, 0) is 16.1 Å². The summed E-state index contributed by atoms with van der Waals surface area (Å²) in [6, 6.07) is 8.32. The minimum Gasteiger partial charge on any atom is -0.382 e. The van der Waals surface area contributed by atoms with Crippen molar-refractivity contribution in [3.8, 4) is 0 Å². The quantitative estimate of drug-likeness (QED) is 0.553. The Bertz CT molecular complexity index is 263. The predicted molar refractivity (Wildman–Crippen MR) is 55.8 cm³/mol. The summed E-state index contributed by atoms with van der Waals surface area (Å²) in [5.41, 5.74) is 5.37. The van der Waals surface area contributed by atoms with E-state index in [2.05, 4.69) is 30.6 Å². The number of benzene rings is 1. The van der Waals surface area contributed by atoms with Crippen molar-refractivity contribution < 1.29 is 9.57 Å². The molecule has 0 unspecified atom stereocenters. The number of methoxy groups -OCH3 is 1. The molecule has 0 bridgehead atoms. The molecule has 1 rings (SSSR count). The first-order valence-corrected chi connectivity index (χ1v) is 4.72. The highest BCUT2D eigenvalue weighted by atomic mass is 16.7. The standard InChI is InChI=1S/C11H17NO2/c1-10-4-3-5-11(8-10)9-12-14-7-6-13-2/h3-5,8,12H,6-7,9H2,1-2H3. The summed E-state index contributed by atoms with van der Waals surface area (Å²) in [5, 5.41) is 0. The molecule has 3 nitrogen and oxygen atoms in total. The van der Waals surface area contributed by atoms with Gasteiger partial charge < -0.3 is 4.74 Å². The van der Waals surface area contributed by atoms with Crippen LogP contribution in [0.5, 0.6) is 0 Å². The molecule has 0 aliphatic carbocycles. The largest absolute Gasteiger partial charge is 0.382 e. The maximum atomic E-state index is 5.14. The highest BCUT2D eigenvalue weighted by molar-refractivity contribution is 5.21. The van der Waals surface area contributed by atoms with Gasteiger partial charge in [0.15, 0.2) is 0 Å². The fraction of sp³-hybridized carbons (Fsp3) is 0.455. The third-order valence-corrected chi connectivity index (χ3v) is 1.85. The Balaban J connectivity index is 2.18.